The van der Waals surface area contributed by atoms with Gasteiger partial charge in [0.05, 0.1) is 25.2 Å². The Labute approximate surface area is 391 Å². The number of aliphatic hydroxyl groups excluding tert-OH is 2. The zero-order valence-corrected chi connectivity index (χ0v) is 42.0. The molecule has 3 atom stereocenters. The second-order valence-electron chi connectivity index (χ2n) is 18.7. The predicted octanol–water partition coefficient (Wildman–Crippen LogP) is 16.6. The Morgan fingerprint density at radius 3 is 1.27 bits per heavy atom. The third kappa shape index (κ3) is 46.2. The first-order chi connectivity index (χ1) is 31.0. The number of esters is 1. The van der Waals surface area contributed by atoms with Gasteiger partial charge in [0.1, 0.15) is 6.10 Å². The highest BCUT2D eigenvalue weighted by Crippen LogP contribution is 2.18. The van der Waals surface area contributed by atoms with Gasteiger partial charge in [-0.2, -0.15) is 0 Å². The molecule has 0 aromatic heterocycles. The van der Waals surface area contributed by atoms with Crippen molar-refractivity contribution in [2.45, 2.75) is 296 Å². The third-order valence-corrected chi connectivity index (χ3v) is 12.5. The first-order valence-corrected chi connectivity index (χ1v) is 27.4. The molecule has 0 rings (SSSR count). The van der Waals surface area contributed by atoms with Crippen molar-refractivity contribution >= 4 is 11.9 Å². The standard InChI is InChI=1S/C57H105NO5/c1-4-7-10-13-16-19-22-24-26-27-28-29-30-32-35-38-41-44-47-50-57(62)63-53(48-45-42-39-36-33-21-18-15-12-9-6-3)51-56(61)58-54(52-59)55(60)49-46-43-40-37-34-31-25-23-20-17-14-11-8-5-2/h9,12,15,18,21,33,36,39,53-55,59-60H,4-8,10-11,13-14,16-17,19-20,22-32,34-35,37-38,40-52H2,1-3H3,(H,58,61)/b12-9+,18-15+,33-21-,39-36-. The number of hydrogen-bond acceptors (Lipinski definition) is 5. The van der Waals surface area contributed by atoms with Crippen LogP contribution >= 0.6 is 0 Å². The number of carbonyl (C=O) groups excluding carboxylic acids is 2. The van der Waals surface area contributed by atoms with Crippen molar-refractivity contribution in [3.05, 3.63) is 48.6 Å². The van der Waals surface area contributed by atoms with Gasteiger partial charge in [-0.05, 0) is 38.5 Å². The molecule has 6 nitrogen and oxygen atoms in total. The van der Waals surface area contributed by atoms with Crippen LogP contribution in [0.2, 0.25) is 0 Å². The van der Waals surface area contributed by atoms with E-state index in [1.807, 2.05) is 36.5 Å². The van der Waals surface area contributed by atoms with Crippen LogP contribution in [0.5, 0.6) is 0 Å². The Morgan fingerprint density at radius 1 is 0.476 bits per heavy atom. The second-order valence-corrected chi connectivity index (χ2v) is 18.7. The molecule has 0 saturated heterocycles. The topological polar surface area (TPSA) is 95.9 Å². The van der Waals surface area contributed by atoms with E-state index in [9.17, 15) is 19.8 Å². The first kappa shape index (κ1) is 60.8. The quantitative estimate of drug-likeness (QED) is 0.0321. The maximum Gasteiger partial charge on any atom is 0.306 e. The van der Waals surface area contributed by atoms with Crippen LogP contribution in [-0.4, -0.2) is 46.9 Å². The van der Waals surface area contributed by atoms with Crippen LogP contribution in [0.1, 0.15) is 278 Å². The minimum Gasteiger partial charge on any atom is -0.462 e. The summed E-state index contributed by atoms with van der Waals surface area (Å²) in [6.45, 7) is 6.34. The molecule has 0 aliphatic heterocycles. The lowest BCUT2D eigenvalue weighted by Gasteiger charge is -2.24. The highest BCUT2D eigenvalue weighted by atomic mass is 16.5. The van der Waals surface area contributed by atoms with Gasteiger partial charge < -0.3 is 20.3 Å². The van der Waals surface area contributed by atoms with E-state index in [1.165, 1.54) is 173 Å². The van der Waals surface area contributed by atoms with Crippen molar-refractivity contribution < 1.29 is 24.5 Å². The molecule has 0 spiro atoms. The predicted molar refractivity (Wildman–Crippen MR) is 273 cm³/mol. The number of amides is 1. The Morgan fingerprint density at radius 2 is 0.857 bits per heavy atom. The summed E-state index contributed by atoms with van der Waals surface area (Å²) >= 11 is 0. The summed E-state index contributed by atoms with van der Waals surface area (Å²) in [4.78, 5) is 26.1. The minimum atomic E-state index is -0.803. The van der Waals surface area contributed by atoms with Gasteiger partial charge in [0.25, 0.3) is 0 Å². The van der Waals surface area contributed by atoms with Crippen molar-refractivity contribution in [2.24, 2.45) is 0 Å². The van der Waals surface area contributed by atoms with Gasteiger partial charge in [-0.3, -0.25) is 9.59 Å². The van der Waals surface area contributed by atoms with Gasteiger partial charge in [0.2, 0.25) is 5.91 Å². The molecule has 1 amide bonds. The van der Waals surface area contributed by atoms with E-state index in [2.05, 4.69) is 38.2 Å². The third-order valence-electron chi connectivity index (χ3n) is 12.5. The number of allylic oxidation sites excluding steroid dienone is 8. The van der Waals surface area contributed by atoms with E-state index < -0.39 is 18.2 Å². The lowest BCUT2D eigenvalue weighted by Crippen LogP contribution is -2.46. The van der Waals surface area contributed by atoms with Crippen molar-refractivity contribution in [3.8, 4) is 0 Å². The zero-order chi connectivity index (χ0) is 45.9. The molecule has 0 heterocycles. The largest absolute Gasteiger partial charge is 0.462 e. The number of unbranched alkanes of at least 4 members (excludes halogenated alkanes) is 32. The van der Waals surface area contributed by atoms with Crippen molar-refractivity contribution in [1.82, 2.24) is 5.32 Å². The molecule has 368 valence electrons. The minimum absolute atomic E-state index is 0.0344. The number of aliphatic hydroxyl groups is 2. The van der Waals surface area contributed by atoms with E-state index in [-0.39, 0.29) is 24.9 Å². The monoisotopic (exact) mass is 884 g/mol. The summed E-state index contributed by atoms with van der Waals surface area (Å²) in [5.74, 6) is -0.531. The van der Waals surface area contributed by atoms with Crippen molar-refractivity contribution in [3.63, 3.8) is 0 Å². The summed E-state index contributed by atoms with van der Waals surface area (Å²) in [7, 11) is 0. The Kier molecular flexibility index (Phi) is 49.1. The van der Waals surface area contributed by atoms with Crippen LogP contribution in [0.15, 0.2) is 48.6 Å². The van der Waals surface area contributed by atoms with Crippen LogP contribution < -0.4 is 5.32 Å². The molecule has 3 N–H and O–H groups in total. The number of carbonyl (C=O) groups is 2. The van der Waals surface area contributed by atoms with Crippen LogP contribution in [0.4, 0.5) is 0 Å². The number of rotatable bonds is 49. The van der Waals surface area contributed by atoms with Crippen molar-refractivity contribution in [1.29, 1.82) is 0 Å². The van der Waals surface area contributed by atoms with Gasteiger partial charge in [-0.15, -0.1) is 0 Å². The van der Waals surface area contributed by atoms with E-state index in [4.69, 9.17) is 4.74 Å². The average Bonchev–Trinajstić information content (AvgIpc) is 3.28. The SMILES string of the molecule is CC/C=C/C=C/C=C\C=C/CCCC(CC(=O)NC(CO)C(O)CCCCCCCCCCCCCCCC)OC(=O)CCCCCCCCCCCCCCCCCCCCC. The highest BCUT2D eigenvalue weighted by molar-refractivity contribution is 5.77. The summed E-state index contributed by atoms with van der Waals surface area (Å²) in [6, 6.07) is -0.721. The number of hydrogen-bond donors (Lipinski definition) is 3. The number of ether oxygens (including phenoxy) is 1. The molecule has 0 aliphatic carbocycles. The van der Waals surface area contributed by atoms with Crippen molar-refractivity contribution in [2.75, 3.05) is 6.61 Å². The normalized spacial score (nSPS) is 13.5. The fourth-order valence-corrected chi connectivity index (χ4v) is 8.39. The molecular weight excluding hydrogens is 779 g/mol. The Bertz CT molecular complexity index is 1080. The summed E-state index contributed by atoms with van der Waals surface area (Å²) in [6.07, 6.45) is 61.9. The van der Waals surface area contributed by atoms with Gasteiger partial charge in [0.15, 0.2) is 0 Å². The van der Waals surface area contributed by atoms with Crippen LogP contribution in [0.3, 0.4) is 0 Å². The molecule has 6 heteroatoms. The lowest BCUT2D eigenvalue weighted by atomic mass is 10.0. The number of nitrogens with one attached hydrogen (secondary N) is 1. The van der Waals surface area contributed by atoms with Crippen LogP contribution in [0, 0.1) is 0 Å². The summed E-state index contributed by atoms with van der Waals surface area (Å²) < 4.78 is 5.90. The van der Waals surface area contributed by atoms with Crippen LogP contribution in [-0.2, 0) is 14.3 Å². The van der Waals surface area contributed by atoms with E-state index in [0.717, 1.165) is 57.8 Å². The lowest BCUT2D eigenvalue weighted by molar-refractivity contribution is -0.151. The Hall–Kier alpha value is -2.18. The molecule has 0 aromatic carbocycles. The zero-order valence-electron chi connectivity index (χ0n) is 42.0. The Balaban J connectivity index is 4.49. The van der Waals surface area contributed by atoms with Gasteiger partial charge in [-0.25, -0.2) is 0 Å². The van der Waals surface area contributed by atoms with E-state index in [0.29, 0.717) is 19.3 Å². The van der Waals surface area contributed by atoms with Crippen LogP contribution in [0.25, 0.3) is 0 Å². The fourth-order valence-electron chi connectivity index (χ4n) is 8.39. The summed E-state index contributed by atoms with van der Waals surface area (Å²) in [5.41, 5.74) is 0. The fraction of sp³-hybridized carbons (Fsp3) is 0.825. The summed E-state index contributed by atoms with van der Waals surface area (Å²) in [5, 5.41) is 23.8. The average molecular weight is 884 g/mol. The molecule has 0 bridgehead atoms. The maximum absolute atomic E-state index is 13.2. The molecule has 0 fully saturated rings. The molecule has 63 heavy (non-hydrogen) atoms. The highest BCUT2D eigenvalue weighted by Gasteiger charge is 2.24. The maximum atomic E-state index is 13.2. The molecule has 0 aliphatic rings. The first-order valence-electron chi connectivity index (χ1n) is 27.4. The molecule has 3 unspecified atom stereocenters. The van der Waals surface area contributed by atoms with Gasteiger partial charge >= 0.3 is 5.97 Å². The van der Waals surface area contributed by atoms with Gasteiger partial charge in [-0.1, -0.05) is 275 Å². The van der Waals surface area contributed by atoms with E-state index >= 15 is 0 Å². The van der Waals surface area contributed by atoms with Gasteiger partial charge in [0, 0.05) is 6.42 Å². The molecule has 0 aromatic rings. The van der Waals surface area contributed by atoms with E-state index in [1.54, 1.807) is 0 Å². The molecule has 0 radical (unpaired) electrons. The second kappa shape index (κ2) is 50.8. The smallest absolute Gasteiger partial charge is 0.306 e. The molecule has 0 saturated carbocycles. The molecular formula is C57H105NO5.